The quantitative estimate of drug-likeness (QED) is 0.774. The van der Waals surface area contributed by atoms with Gasteiger partial charge in [0.25, 0.3) is 0 Å². The number of carbonyl (C=O) groups is 2. The average Bonchev–Trinajstić information content (AvgIpc) is 2.70. The van der Waals surface area contributed by atoms with Gasteiger partial charge in [-0.3, -0.25) is 0 Å². The molecule has 0 radical (unpaired) electrons. The van der Waals surface area contributed by atoms with Crippen LogP contribution in [0.15, 0.2) is 22.7 Å². The monoisotopic (exact) mass is 354 g/mol. The summed E-state index contributed by atoms with van der Waals surface area (Å²) in [7, 11) is 0. The molecular formula is C15H19BrN2O3. The fourth-order valence-corrected chi connectivity index (χ4v) is 3.06. The van der Waals surface area contributed by atoms with Crippen molar-refractivity contribution in [2.75, 3.05) is 5.32 Å². The van der Waals surface area contributed by atoms with Gasteiger partial charge in [-0.15, -0.1) is 0 Å². The first-order chi connectivity index (χ1) is 9.88. The van der Waals surface area contributed by atoms with Gasteiger partial charge in [-0.1, -0.05) is 29.8 Å². The van der Waals surface area contributed by atoms with Gasteiger partial charge in [-0.25, -0.2) is 9.59 Å². The average molecular weight is 355 g/mol. The molecule has 1 aliphatic carbocycles. The number of hydrogen-bond acceptors (Lipinski definition) is 2. The number of halogens is 1. The Morgan fingerprint density at radius 3 is 2.57 bits per heavy atom. The second kappa shape index (κ2) is 6.47. The molecule has 1 fully saturated rings. The zero-order valence-corrected chi connectivity index (χ0v) is 13.6. The van der Waals surface area contributed by atoms with Gasteiger partial charge in [-0.2, -0.15) is 0 Å². The van der Waals surface area contributed by atoms with Gasteiger partial charge in [0.1, 0.15) is 0 Å². The van der Waals surface area contributed by atoms with Crippen molar-refractivity contribution in [2.24, 2.45) is 11.8 Å². The summed E-state index contributed by atoms with van der Waals surface area (Å²) in [6, 6.07) is 4.46. The molecule has 1 aromatic carbocycles. The number of urea groups is 1. The number of benzene rings is 1. The van der Waals surface area contributed by atoms with Crippen LogP contribution in [0.3, 0.4) is 0 Å². The van der Waals surface area contributed by atoms with Gasteiger partial charge in [0.15, 0.2) is 0 Å². The van der Waals surface area contributed by atoms with Crippen molar-refractivity contribution in [3.8, 4) is 0 Å². The second-order valence-electron chi connectivity index (χ2n) is 5.61. The van der Waals surface area contributed by atoms with Crippen LogP contribution < -0.4 is 10.6 Å². The topological polar surface area (TPSA) is 78.4 Å². The van der Waals surface area contributed by atoms with E-state index in [0.717, 1.165) is 12.8 Å². The third-order valence-corrected chi connectivity index (χ3v) is 4.74. The van der Waals surface area contributed by atoms with Gasteiger partial charge in [0, 0.05) is 10.5 Å². The number of hydrogen-bond donors (Lipinski definition) is 3. The molecule has 114 valence electrons. The highest BCUT2D eigenvalue weighted by atomic mass is 79.9. The number of amides is 2. The molecule has 3 unspecified atom stereocenters. The predicted octanol–water partition coefficient (Wildman–Crippen LogP) is 3.70. The number of rotatable bonds is 3. The molecular weight excluding hydrogens is 336 g/mol. The number of aromatic carboxylic acids is 1. The minimum Gasteiger partial charge on any atom is -0.478 e. The molecule has 2 amide bonds. The Kier molecular flexibility index (Phi) is 4.88. The Hall–Kier alpha value is -1.56. The highest BCUT2D eigenvalue weighted by Crippen LogP contribution is 2.31. The number of carboxylic acids is 1. The summed E-state index contributed by atoms with van der Waals surface area (Å²) in [5, 5.41) is 14.7. The summed E-state index contributed by atoms with van der Waals surface area (Å²) < 4.78 is 0.714. The van der Waals surface area contributed by atoms with E-state index in [2.05, 4.69) is 40.4 Å². The standard InChI is InChI=1S/C15H19BrN2O3/c1-8-3-6-12(9(8)2)17-15(21)18-13-7-10(16)4-5-11(13)14(19)20/h4-5,7-9,12H,3,6H2,1-2H3,(H,19,20)(H2,17,18,21). The minimum atomic E-state index is -1.07. The van der Waals surface area contributed by atoms with Gasteiger partial charge < -0.3 is 15.7 Å². The van der Waals surface area contributed by atoms with Gasteiger partial charge >= 0.3 is 12.0 Å². The summed E-state index contributed by atoms with van der Waals surface area (Å²) in [4.78, 5) is 23.2. The lowest BCUT2D eigenvalue weighted by molar-refractivity contribution is 0.0698. The van der Waals surface area contributed by atoms with Crippen molar-refractivity contribution in [2.45, 2.75) is 32.7 Å². The van der Waals surface area contributed by atoms with Crippen LogP contribution in [0.5, 0.6) is 0 Å². The molecule has 0 bridgehead atoms. The highest BCUT2D eigenvalue weighted by molar-refractivity contribution is 9.10. The van der Waals surface area contributed by atoms with Gasteiger partial charge in [-0.05, 0) is 42.9 Å². The number of anilines is 1. The molecule has 0 aromatic heterocycles. The van der Waals surface area contributed by atoms with Crippen molar-refractivity contribution in [3.63, 3.8) is 0 Å². The van der Waals surface area contributed by atoms with E-state index in [1.165, 1.54) is 6.07 Å². The van der Waals surface area contributed by atoms with Gasteiger partial charge in [0.2, 0.25) is 0 Å². The number of carboxylic acid groups (broad SMARTS) is 1. The van der Waals surface area contributed by atoms with Crippen LogP contribution in [0, 0.1) is 11.8 Å². The third kappa shape index (κ3) is 3.75. The lowest BCUT2D eigenvalue weighted by Gasteiger charge is -2.20. The summed E-state index contributed by atoms with van der Waals surface area (Å²) in [6.07, 6.45) is 2.06. The molecule has 21 heavy (non-hydrogen) atoms. The first kappa shape index (κ1) is 15.8. The summed E-state index contributed by atoms with van der Waals surface area (Å²) >= 11 is 3.28. The summed E-state index contributed by atoms with van der Waals surface area (Å²) in [6.45, 7) is 4.31. The van der Waals surface area contributed by atoms with Crippen LogP contribution in [0.25, 0.3) is 0 Å². The molecule has 6 heteroatoms. The molecule has 2 rings (SSSR count). The fourth-order valence-electron chi connectivity index (χ4n) is 2.70. The number of nitrogens with one attached hydrogen (secondary N) is 2. The van der Waals surface area contributed by atoms with Crippen molar-refractivity contribution >= 4 is 33.6 Å². The van der Waals surface area contributed by atoms with Crippen LogP contribution >= 0.6 is 15.9 Å². The Balaban J connectivity index is 2.06. The molecule has 0 saturated heterocycles. The van der Waals surface area contributed by atoms with Crippen LogP contribution in [0.2, 0.25) is 0 Å². The lowest BCUT2D eigenvalue weighted by atomic mass is 9.98. The van der Waals surface area contributed by atoms with Crippen LogP contribution in [-0.4, -0.2) is 23.1 Å². The summed E-state index contributed by atoms with van der Waals surface area (Å²) in [5.41, 5.74) is 0.356. The largest absolute Gasteiger partial charge is 0.478 e. The third-order valence-electron chi connectivity index (χ3n) is 4.24. The smallest absolute Gasteiger partial charge is 0.337 e. The normalized spacial score (nSPS) is 24.6. The zero-order chi connectivity index (χ0) is 15.6. The summed E-state index contributed by atoms with van der Waals surface area (Å²) in [5.74, 6) is -0.0476. The molecule has 5 nitrogen and oxygen atoms in total. The minimum absolute atomic E-state index is 0.0705. The number of carbonyl (C=O) groups excluding carboxylic acids is 1. The predicted molar refractivity (Wildman–Crippen MR) is 84.6 cm³/mol. The molecule has 0 heterocycles. The van der Waals surface area contributed by atoms with E-state index in [4.69, 9.17) is 5.11 Å². The van der Waals surface area contributed by atoms with E-state index in [1.54, 1.807) is 12.1 Å². The van der Waals surface area contributed by atoms with Crippen molar-refractivity contribution < 1.29 is 14.7 Å². The Morgan fingerprint density at radius 1 is 1.29 bits per heavy atom. The Morgan fingerprint density at radius 2 is 2.00 bits per heavy atom. The zero-order valence-electron chi connectivity index (χ0n) is 12.0. The van der Waals surface area contributed by atoms with Crippen LogP contribution in [-0.2, 0) is 0 Å². The van der Waals surface area contributed by atoms with Crippen LogP contribution in [0.4, 0.5) is 10.5 Å². The van der Waals surface area contributed by atoms with E-state index in [9.17, 15) is 9.59 Å². The lowest BCUT2D eigenvalue weighted by Crippen LogP contribution is -2.40. The van der Waals surface area contributed by atoms with E-state index >= 15 is 0 Å². The molecule has 1 aromatic rings. The van der Waals surface area contributed by atoms with Crippen LogP contribution in [0.1, 0.15) is 37.0 Å². The molecule has 1 saturated carbocycles. The van der Waals surface area contributed by atoms with E-state index < -0.39 is 5.97 Å². The SMILES string of the molecule is CC1CCC(NC(=O)Nc2cc(Br)ccc2C(=O)O)C1C. The van der Waals surface area contributed by atoms with E-state index in [0.29, 0.717) is 16.3 Å². The highest BCUT2D eigenvalue weighted by Gasteiger charge is 2.30. The fraction of sp³-hybridized carbons (Fsp3) is 0.467. The first-order valence-corrected chi connectivity index (χ1v) is 7.78. The first-order valence-electron chi connectivity index (χ1n) is 6.99. The maximum absolute atomic E-state index is 12.1. The molecule has 0 aliphatic heterocycles. The maximum atomic E-state index is 12.1. The van der Waals surface area contributed by atoms with Crippen molar-refractivity contribution in [1.29, 1.82) is 0 Å². The second-order valence-corrected chi connectivity index (χ2v) is 6.53. The van der Waals surface area contributed by atoms with Gasteiger partial charge in [0.05, 0.1) is 11.3 Å². The molecule has 3 N–H and O–H groups in total. The molecule has 1 aliphatic rings. The Bertz CT molecular complexity index is 562. The molecule has 0 spiro atoms. The molecule has 3 atom stereocenters. The van der Waals surface area contributed by atoms with Crippen molar-refractivity contribution in [1.82, 2.24) is 5.32 Å². The van der Waals surface area contributed by atoms with E-state index in [1.807, 2.05) is 0 Å². The van der Waals surface area contributed by atoms with Crippen molar-refractivity contribution in [3.05, 3.63) is 28.2 Å². The maximum Gasteiger partial charge on any atom is 0.337 e. The van der Waals surface area contributed by atoms with E-state index in [-0.39, 0.29) is 23.3 Å². The Labute approximate surface area is 132 Å².